The predicted octanol–water partition coefficient (Wildman–Crippen LogP) is 4.35. The number of nitrogens with one attached hydrogen (secondary N) is 2. The first-order valence-electron chi connectivity index (χ1n) is 9.06. The fourth-order valence-electron chi connectivity index (χ4n) is 2.37. The van der Waals surface area contributed by atoms with E-state index >= 15 is 0 Å². The molecule has 0 spiro atoms. The quantitative estimate of drug-likeness (QED) is 0.219. The third-order valence-electron chi connectivity index (χ3n) is 3.70. The molecule has 2 rings (SSSR count). The molecule has 0 saturated heterocycles. The molecule has 1 heterocycles. The minimum Gasteiger partial charge on any atom is -0.491 e. The van der Waals surface area contributed by atoms with Crippen LogP contribution in [0.25, 0.3) is 0 Å². The van der Waals surface area contributed by atoms with Crippen LogP contribution in [0.4, 0.5) is 0 Å². The van der Waals surface area contributed by atoms with Gasteiger partial charge in [0.15, 0.2) is 5.96 Å². The van der Waals surface area contributed by atoms with Crippen molar-refractivity contribution >= 4 is 41.3 Å². The molecule has 150 valence electrons. The molecule has 0 aliphatic rings. The number of nitrogens with zero attached hydrogens (tertiary/aromatic N) is 1. The van der Waals surface area contributed by atoms with Gasteiger partial charge in [0.05, 0.1) is 13.2 Å². The zero-order valence-corrected chi connectivity index (χ0v) is 19.4. The van der Waals surface area contributed by atoms with E-state index < -0.39 is 0 Å². The fourth-order valence-corrected chi connectivity index (χ4v) is 3.03. The van der Waals surface area contributed by atoms with Gasteiger partial charge in [0, 0.05) is 25.3 Å². The van der Waals surface area contributed by atoms with Gasteiger partial charge in [0.25, 0.3) is 0 Å². The number of ether oxygens (including phenoxy) is 2. The summed E-state index contributed by atoms with van der Waals surface area (Å²) < 4.78 is 11.3. The van der Waals surface area contributed by atoms with E-state index in [-0.39, 0.29) is 24.0 Å². The van der Waals surface area contributed by atoms with Gasteiger partial charge >= 0.3 is 0 Å². The lowest BCUT2D eigenvalue weighted by molar-refractivity contribution is 0.110. The highest BCUT2D eigenvalue weighted by Gasteiger charge is 2.06. The Labute approximate surface area is 183 Å². The van der Waals surface area contributed by atoms with Gasteiger partial charge in [0.1, 0.15) is 12.4 Å². The van der Waals surface area contributed by atoms with Gasteiger partial charge in [-0.3, -0.25) is 0 Å². The molecule has 0 fully saturated rings. The van der Waals surface area contributed by atoms with Gasteiger partial charge in [-0.05, 0) is 54.8 Å². The lowest BCUT2D eigenvalue weighted by atomic mass is 10.1. The number of benzene rings is 1. The molecule has 0 radical (unpaired) electrons. The van der Waals surface area contributed by atoms with Crippen molar-refractivity contribution in [2.75, 3.05) is 26.4 Å². The van der Waals surface area contributed by atoms with Gasteiger partial charge < -0.3 is 20.1 Å². The Hall–Kier alpha value is -1.32. The number of thiophene rings is 1. The molecular weight excluding hydrogens is 473 g/mol. The number of rotatable bonds is 10. The summed E-state index contributed by atoms with van der Waals surface area (Å²) in [5.74, 6) is 1.70. The Morgan fingerprint density at radius 1 is 1.15 bits per heavy atom. The molecule has 7 heteroatoms. The van der Waals surface area contributed by atoms with Crippen LogP contribution >= 0.6 is 35.3 Å². The molecule has 0 bridgehead atoms. The van der Waals surface area contributed by atoms with Gasteiger partial charge in [-0.25, -0.2) is 4.99 Å². The van der Waals surface area contributed by atoms with Gasteiger partial charge in [-0.2, -0.15) is 11.3 Å². The Bertz CT molecular complexity index is 678. The highest BCUT2D eigenvalue weighted by Crippen LogP contribution is 2.20. The van der Waals surface area contributed by atoms with Gasteiger partial charge in [-0.15, -0.1) is 24.0 Å². The molecule has 1 aromatic heterocycles. The second-order valence-corrected chi connectivity index (χ2v) is 6.62. The highest BCUT2D eigenvalue weighted by atomic mass is 127. The van der Waals surface area contributed by atoms with Crippen molar-refractivity contribution in [2.45, 2.75) is 33.9 Å². The molecular formula is C20H30IN3O2S. The lowest BCUT2D eigenvalue weighted by Gasteiger charge is -2.15. The molecule has 0 amide bonds. The first-order chi connectivity index (χ1) is 12.7. The molecule has 0 aliphatic carbocycles. The largest absolute Gasteiger partial charge is 0.491 e. The maximum atomic E-state index is 5.91. The van der Waals surface area contributed by atoms with Crippen LogP contribution in [-0.2, 0) is 17.8 Å². The lowest BCUT2D eigenvalue weighted by Crippen LogP contribution is -2.36. The SMILES string of the molecule is CCNC(=NCc1ccsc1)NCc1ccc(C)cc1OCCOCC.I. The molecule has 2 N–H and O–H groups in total. The summed E-state index contributed by atoms with van der Waals surface area (Å²) in [6, 6.07) is 8.36. The highest BCUT2D eigenvalue weighted by molar-refractivity contribution is 14.0. The van der Waals surface area contributed by atoms with Crippen LogP contribution in [0, 0.1) is 6.92 Å². The van der Waals surface area contributed by atoms with Crippen molar-refractivity contribution < 1.29 is 9.47 Å². The molecule has 0 unspecified atom stereocenters. The first-order valence-corrected chi connectivity index (χ1v) is 10.0. The summed E-state index contributed by atoms with van der Waals surface area (Å²) in [5.41, 5.74) is 3.51. The second-order valence-electron chi connectivity index (χ2n) is 5.84. The Balaban J connectivity index is 0.00000364. The maximum absolute atomic E-state index is 5.91. The van der Waals surface area contributed by atoms with Crippen LogP contribution in [0.2, 0.25) is 0 Å². The van der Waals surface area contributed by atoms with E-state index in [0.717, 1.165) is 23.8 Å². The van der Waals surface area contributed by atoms with Crippen molar-refractivity contribution in [3.63, 3.8) is 0 Å². The van der Waals surface area contributed by atoms with Crippen molar-refractivity contribution in [1.82, 2.24) is 10.6 Å². The number of halogens is 1. The smallest absolute Gasteiger partial charge is 0.191 e. The number of aliphatic imine (C=N–C) groups is 1. The molecule has 0 aliphatic heterocycles. The van der Waals surface area contributed by atoms with E-state index in [1.807, 2.05) is 6.92 Å². The van der Waals surface area contributed by atoms with Crippen LogP contribution < -0.4 is 15.4 Å². The standard InChI is InChI=1S/C20H29N3O2S.HI/c1-4-21-20(22-13-17-8-11-26-15-17)23-14-18-7-6-16(3)12-19(18)25-10-9-24-5-2;/h6-8,11-12,15H,4-5,9-10,13-14H2,1-3H3,(H2,21,22,23);1H. The fraction of sp³-hybridized carbons (Fsp3) is 0.450. The van der Waals surface area contributed by atoms with E-state index in [9.17, 15) is 0 Å². The minimum atomic E-state index is 0. The van der Waals surface area contributed by atoms with E-state index in [2.05, 4.69) is 64.5 Å². The monoisotopic (exact) mass is 503 g/mol. The van der Waals surface area contributed by atoms with Crippen LogP contribution in [0.3, 0.4) is 0 Å². The summed E-state index contributed by atoms with van der Waals surface area (Å²) >= 11 is 1.69. The molecule has 1 aromatic carbocycles. The van der Waals surface area contributed by atoms with Crippen LogP contribution in [0.1, 0.15) is 30.5 Å². The first kappa shape index (κ1) is 23.7. The Morgan fingerprint density at radius 2 is 2.00 bits per heavy atom. The van der Waals surface area contributed by atoms with Crippen LogP contribution in [-0.4, -0.2) is 32.3 Å². The van der Waals surface area contributed by atoms with Crippen LogP contribution in [0.15, 0.2) is 40.0 Å². The summed E-state index contributed by atoms with van der Waals surface area (Å²) in [4.78, 5) is 4.64. The van der Waals surface area contributed by atoms with Crippen LogP contribution in [0.5, 0.6) is 5.75 Å². The molecule has 0 atom stereocenters. The van der Waals surface area contributed by atoms with E-state index in [4.69, 9.17) is 9.47 Å². The van der Waals surface area contributed by atoms with Crippen molar-refractivity contribution in [1.29, 1.82) is 0 Å². The van der Waals surface area contributed by atoms with Crippen molar-refractivity contribution in [3.05, 3.63) is 51.7 Å². The topological polar surface area (TPSA) is 54.9 Å². The summed E-state index contributed by atoms with van der Waals surface area (Å²) in [6.45, 7) is 10.1. The molecule has 27 heavy (non-hydrogen) atoms. The zero-order chi connectivity index (χ0) is 18.6. The summed E-state index contributed by atoms with van der Waals surface area (Å²) in [6.07, 6.45) is 0. The van der Waals surface area contributed by atoms with E-state index in [0.29, 0.717) is 32.9 Å². The number of guanidine groups is 1. The number of hydrogen-bond acceptors (Lipinski definition) is 4. The zero-order valence-electron chi connectivity index (χ0n) is 16.3. The molecule has 2 aromatic rings. The Kier molecular flexibility index (Phi) is 12.1. The van der Waals surface area contributed by atoms with Gasteiger partial charge in [0.2, 0.25) is 0 Å². The normalized spacial score (nSPS) is 11.0. The number of aryl methyl sites for hydroxylation is 1. The number of hydrogen-bond donors (Lipinski definition) is 2. The second kappa shape index (κ2) is 13.8. The van der Waals surface area contributed by atoms with E-state index in [1.54, 1.807) is 11.3 Å². The maximum Gasteiger partial charge on any atom is 0.191 e. The third-order valence-corrected chi connectivity index (χ3v) is 4.43. The Morgan fingerprint density at radius 3 is 2.70 bits per heavy atom. The van der Waals surface area contributed by atoms with Crippen molar-refractivity contribution in [3.8, 4) is 5.75 Å². The average Bonchev–Trinajstić information content (AvgIpc) is 3.16. The molecule has 0 saturated carbocycles. The predicted molar refractivity (Wildman–Crippen MR) is 125 cm³/mol. The average molecular weight is 503 g/mol. The van der Waals surface area contributed by atoms with Crippen molar-refractivity contribution in [2.24, 2.45) is 4.99 Å². The van der Waals surface area contributed by atoms with Gasteiger partial charge in [-0.1, -0.05) is 12.1 Å². The van der Waals surface area contributed by atoms with E-state index in [1.165, 1.54) is 11.1 Å². The third kappa shape index (κ3) is 8.94. The minimum absolute atomic E-state index is 0. The summed E-state index contributed by atoms with van der Waals surface area (Å²) in [7, 11) is 0. The summed E-state index contributed by atoms with van der Waals surface area (Å²) in [5, 5.41) is 10.9. The molecule has 5 nitrogen and oxygen atoms in total.